The maximum Gasteiger partial charge on any atom is 0.0589 e. The fraction of sp³-hybridized carbons (Fsp3) is 1.00. The molecule has 0 aromatic rings. The quantitative estimate of drug-likeness (QED) is 0.647. The summed E-state index contributed by atoms with van der Waals surface area (Å²) in [5, 5.41) is 9.63. The van der Waals surface area contributed by atoms with E-state index in [-0.39, 0.29) is 11.5 Å². The molecule has 0 aliphatic heterocycles. The standard InChI is InChI=1S/C10H22O2/c1-5-12-8-6-7-9(11)10(2,3)4/h9,11H,5-8H2,1-4H3. The highest BCUT2D eigenvalue weighted by Crippen LogP contribution is 2.22. The van der Waals surface area contributed by atoms with Crippen LogP contribution in [0.1, 0.15) is 40.5 Å². The molecule has 0 rings (SSSR count). The molecule has 0 aromatic heterocycles. The van der Waals surface area contributed by atoms with E-state index in [0.717, 1.165) is 26.1 Å². The molecular formula is C10H22O2. The lowest BCUT2D eigenvalue weighted by Gasteiger charge is -2.25. The van der Waals surface area contributed by atoms with Crippen LogP contribution in [0.5, 0.6) is 0 Å². The van der Waals surface area contributed by atoms with Crippen molar-refractivity contribution in [3.63, 3.8) is 0 Å². The van der Waals surface area contributed by atoms with Gasteiger partial charge in [0.15, 0.2) is 0 Å². The van der Waals surface area contributed by atoms with E-state index in [9.17, 15) is 5.11 Å². The molecule has 0 aromatic carbocycles. The fourth-order valence-electron chi connectivity index (χ4n) is 0.956. The third kappa shape index (κ3) is 5.56. The van der Waals surface area contributed by atoms with E-state index in [0.29, 0.717) is 0 Å². The Morgan fingerprint density at radius 1 is 1.33 bits per heavy atom. The molecule has 2 heteroatoms. The summed E-state index contributed by atoms with van der Waals surface area (Å²) in [6.07, 6.45) is 1.58. The van der Waals surface area contributed by atoms with Gasteiger partial charge in [0.25, 0.3) is 0 Å². The van der Waals surface area contributed by atoms with Gasteiger partial charge in [0.05, 0.1) is 6.10 Å². The Hall–Kier alpha value is -0.0800. The van der Waals surface area contributed by atoms with E-state index in [4.69, 9.17) is 4.74 Å². The van der Waals surface area contributed by atoms with Gasteiger partial charge in [0.1, 0.15) is 0 Å². The summed E-state index contributed by atoms with van der Waals surface area (Å²) in [4.78, 5) is 0. The lowest BCUT2D eigenvalue weighted by atomic mass is 9.87. The van der Waals surface area contributed by atoms with Gasteiger partial charge < -0.3 is 9.84 Å². The molecule has 0 spiro atoms. The van der Waals surface area contributed by atoms with Crippen LogP contribution in [0.3, 0.4) is 0 Å². The largest absolute Gasteiger partial charge is 0.393 e. The zero-order valence-corrected chi connectivity index (χ0v) is 8.76. The normalized spacial score (nSPS) is 14.8. The second-order valence-corrected chi connectivity index (χ2v) is 4.22. The van der Waals surface area contributed by atoms with Crippen molar-refractivity contribution in [2.45, 2.75) is 46.6 Å². The number of rotatable bonds is 5. The smallest absolute Gasteiger partial charge is 0.0589 e. The van der Waals surface area contributed by atoms with Crippen LogP contribution in [0.25, 0.3) is 0 Å². The minimum absolute atomic E-state index is 0.00617. The summed E-state index contributed by atoms with van der Waals surface area (Å²) in [5.74, 6) is 0. The zero-order valence-electron chi connectivity index (χ0n) is 8.76. The van der Waals surface area contributed by atoms with Crippen LogP contribution in [0.15, 0.2) is 0 Å². The maximum absolute atomic E-state index is 9.63. The van der Waals surface area contributed by atoms with Gasteiger partial charge in [-0.15, -0.1) is 0 Å². The second-order valence-electron chi connectivity index (χ2n) is 4.22. The molecule has 1 atom stereocenters. The maximum atomic E-state index is 9.63. The van der Waals surface area contributed by atoms with Crippen LogP contribution in [-0.4, -0.2) is 24.4 Å². The van der Waals surface area contributed by atoms with Gasteiger partial charge in [-0.1, -0.05) is 20.8 Å². The number of hydrogen-bond acceptors (Lipinski definition) is 2. The monoisotopic (exact) mass is 174 g/mol. The summed E-state index contributed by atoms with van der Waals surface area (Å²) in [6.45, 7) is 9.68. The van der Waals surface area contributed by atoms with E-state index in [1.165, 1.54) is 0 Å². The van der Waals surface area contributed by atoms with Gasteiger partial charge in [0, 0.05) is 13.2 Å². The summed E-state index contributed by atoms with van der Waals surface area (Å²) < 4.78 is 5.19. The number of ether oxygens (including phenoxy) is 1. The van der Waals surface area contributed by atoms with Crippen LogP contribution in [0.2, 0.25) is 0 Å². The van der Waals surface area contributed by atoms with Crippen molar-refractivity contribution in [1.82, 2.24) is 0 Å². The highest BCUT2D eigenvalue weighted by Gasteiger charge is 2.20. The number of hydrogen-bond donors (Lipinski definition) is 1. The Morgan fingerprint density at radius 2 is 1.92 bits per heavy atom. The Kier molecular flexibility index (Phi) is 5.51. The minimum atomic E-state index is -0.210. The number of aliphatic hydroxyl groups excluding tert-OH is 1. The van der Waals surface area contributed by atoms with E-state index in [2.05, 4.69) is 20.8 Å². The summed E-state index contributed by atoms with van der Waals surface area (Å²) >= 11 is 0. The highest BCUT2D eigenvalue weighted by molar-refractivity contribution is 4.72. The molecule has 0 fully saturated rings. The molecule has 0 saturated heterocycles. The van der Waals surface area contributed by atoms with Crippen molar-refractivity contribution in [3.8, 4) is 0 Å². The van der Waals surface area contributed by atoms with Crippen molar-refractivity contribution < 1.29 is 9.84 Å². The van der Waals surface area contributed by atoms with Crippen LogP contribution < -0.4 is 0 Å². The average molecular weight is 174 g/mol. The van der Waals surface area contributed by atoms with Gasteiger partial charge in [-0.05, 0) is 25.2 Å². The summed E-state index contributed by atoms with van der Waals surface area (Å²) in [7, 11) is 0. The van der Waals surface area contributed by atoms with Gasteiger partial charge in [-0.2, -0.15) is 0 Å². The molecule has 1 N–H and O–H groups in total. The van der Waals surface area contributed by atoms with Gasteiger partial charge in [-0.25, -0.2) is 0 Å². The Bertz CT molecular complexity index is 105. The third-order valence-electron chi connectivity index (χ3n) is 1.97. The van der Waals surface area contributed by atoms with Crippen LogP contribution >= 0.6 is 0 Å². The molecule has 2 nitrogen and oxygen atoms in total. The van der Waals surface area contributed by atoms with Crippen molar-refractivity contribution >= 4 is 0 Å². The van der Waals surface area contributed by atoms with Crippen molar-refractivity contribution in [3.05, 3.63) is 0 Å². The van der Waals surface area contributed by atoms with E-state index in [1.54, 1.807) is 0 Å². The van der Waals surface area contributed by atoms with Gasteiger partial charge >= 0.3 is 0 Å². The van der Waals surface area contributed by atoms with Crippen molar-refractivity contribution in [2.24, 2.45) is 5.41 Å². The molecular weight excluding hydrogens is 152 g/mol. The first kappa shape index (κ1) is 11.9. The number of aliphatic hydroxyl groups is 1. The van der Waals surface area contributed by atoms with Gasteiger partial charge in [-0.3, -0.25) is 0 Å². The predicted octanol–water partition coefficient (Wildman–Crippen LogP) is 2.21. The first-order chi connectivity index (χ1) is 5.48. The van der Waals surface area contributed by atoms with Gasteiger partial charge in [0.2, 0.25) is 0 Å². The first-order valence-electron chi connectivity index (χ1n) is 4.74. The third-order valence-corrected chi connectivity index (χ3v) is 1.97. The molecule has 0 aliphatic rings. The van der Waals surface area contributed by atoms with Crippen LogP contribution in [0, 0.1) is 5.41 Å². The van der Waals surface area contributed by atoms with E-state index < -0.39 is 0 Å². The SMILES string of the molecule is CCOCCCC(O)C(C)(C)C. The van der Waals surface area contributed by atoms with Crippen molar-refractivity contribution in [2.75, 3.05) is 13.2 Å². The fourth-order valence-corrected chi connectivity index (χ4v) is 0.956. The Labute approximate surface area is 75.9 Å². The highest BCUT2D eigenvalue weighted by atomic mass is 16.5. The predicted molar refractivity (Wildman–Crippen MR) is 51.2 cm³/mol. The minimum Gasteiger partial charge on any atom is -0.393 e. The molecule has 0 bridgehead atoms. The van der Waals surface area contributed by atoms with E-state index in [1.807, 2.05) is 6.92 Å². The second kappa shape index (κ2) is 5.55. The molecule has 0 saturated carbocycles. The van der Waals surface area contributed by atoms with E-state index >= 15 is 0 Å². The summed E-state index contributed by atoms with van der Waals surface area (Å²) in [6, 6.07) is 0. The molecule has 74 valence electrons. The lowest BCUT2D eigenvalue weighted by Crippen LogP contribution is -2.26. The lowest BCUT2D eigenvalue weighted by molar-refractivity contribution is 0.0434. The molecule has 0 amide bonds. The Morgan fingerprint density at radius 3 is 2.33 bits per heavy atom. The summed E-state index contributed by atoms with van der Waals surface area (Å²) in [5.41, 5.74) is 0.00617. The molecule has 12 heavy (non-hydrogen) atoms. The van der Waals surface area contributed by atoms with Crippen LogP contribution in [0.4, 0.5) is 0 Å². The molecule has 1 unspecified atom stereocenters. The Balaban J connectivity index is 3.38. The molecule has 0 heterocycles. The average Bonchev–Trinajstić information content (AvgIpc) is 1.96. The molecule has 0 radical (unpaired) electrons. The molecule has 0 aliphatic carbocycles. The topological polar surface area (TPSA) is 29.5 Å². The zero-order chi connectivity index (χ0) is 9.61. The first-order valence-corrected chi connectivity index (χ1v) is 4.74. The van der Waals surface area contributed by atoms with Crippen molar-refractivity contribution in [1.29, 1.82) is 0 Å². The van der Waals surface area contributed by atoms with Crippen LogP contribution in [-0.2, 0) is 4.74 Å².